The lowest BCUT2D eigenvalue weighted by molar-refractivity contribution is -0.135. The molecule has 3 aromatic heterocycles. The summed E-state index contributed by atoms with van der Waals surface area (Å²) in [6.45, 7) is 11.0. The molecule has 5 heterocycles. The van der Waals surface area contributed by atoms with E-state index in [2.05, 4.69) is 9.97 Å². The van der Waals surface area contributed by atoms with Crippen LogP contribution in [0.5, 0.6) is 5.75 Å². The highest BCUT2D eigenvalue weighted by atomic mass is 35.5. The summed E-state index contributed by atoms with van der Waals surface area (Å²) in [6, 6.07) is 6.97. The molecule has 2 aliphatic rings. The lowest BCUT2D eigenvalue weighted by Gasteiger charge is -2.44. The number of hydrogen-bond donors (Lipinski definition) is 1. The summed E-state index contributed by atoms with van der Waals surface area (Å²) in [5, 5.41) is 11.1. The molecule has 0 bridgehead atoms. The number of aromatic nitrogens is 4. The van der Waals surface area contributed by atoms with E-state index in [1.165, 1.54) is 22.8 Å². The third-order valence-electron chi connectivity index (χ3n) is 8.10. The Labute approximate surface area is 252 Å². The Bertz CT molecular complexity index is 1800. The van der Waals surface area contributed by atoms with Gasteiger partial charge in [-0.3, -0.25) is 9.78 Å². The highest BCUT2D eigenvalue weighted by Gasteiger charge is 2.41. The van der Waals surface area contributed by atoms with Gasteiger partial charge in [-0.25, -0.2) is 18.7 Å². The van der Waals surface area contributed by atoms with Crippen LogP contribution in [0.15, 0.2) is 41.3 Å². The van der Waals surface area contributed by atoms with Crippen LogP contribution in [0.3, 0.4) is 0 Å². The van der Waals surface area contributed by atoms with Crippen LogP contribution in [0.2, 0.25) is 5.02 Å². The van der Waals surface area contributed by atoms with Crippen molar-refractivity contribution >= 4 is 34.4 Å². The Morgan fingerprint density at radius 1 is 1.16 bits per heavy atom. The Kier molecular flexibility index (Phi) is 7.34. The fourth-order valence-corrected chi connectivity index (χ4v) is 6.08. The average molecular weight is 607 g/mol. The molecule has 0 aliphatic carbocycles. The number of nitrogens with zero attached hydrogens (tertiary/aromatic N) is 6. The molecule has 12 heteroatoms. The summed E-state index contributed by atoms with van der Waals surface area (Å²) in [7, 11) is 0. The van der Waals surface area contributed by atoms with E-state index < -0.39 is 17.6 Å². The first-order valence-corrected chi connectivity index (χ1v) is 14.6. The van der Waals surface area contributed by atoms with Crippen LogP contribution in [0.1, 0.15) is 44.9 Å². The minimum Gasteiger partial charge on any atom is -0.507 e. The van der Waals surface area contributed by atoms with Gasteiger partial charge in [0.2, 0.25) is 0 Å². The molecule has 224 valence electrons. The lowest BCUT2D eigenvalue weighted by atomic mass is 10.0. The summed E-state index contributed by atoms with van der Waals surface area (Å²) in [4.78, 5) is 44.6. The molecule has 1 aromatic carbocycles. The number of phenols is 1. The Balaban J connectivity index is 1.61. The maximum absolute atomic E-state index is 15.1. The van der Waals surface area contributed by atoms with Crippen molar-refractivity contribution in [1.82, 2.24) is 24.4 Å². The number of halogens is 2. The van der Waals surface area contributed by atoms with Crippen molar-refractivity contribution in [2.75, 3.05) is 24.6 Å². The SMILES string of the molecule is Cc1ccnc(C(C)C)c1-n1c(=O)nc(N2C[C@@H](C)N(C(=O)[C@H]3CO3)C[C@@H]2C)c2cc(Cl)c(-c3c(O)cccc3F)nc21. The number of epoxide rings is 1. The van der Waals surface area contributed by atoms with E-state index in [-0.39, 0.29) is 51.6 Å². The number of pyridine rings is 2. The summed E-state index contributed by atoms with van der Waals surface area (Å²) >= 11 is 6.76. The number of carbonyl (C=O) groups excluding carboxylic acids is 1. The first kappa shape index (κ1) is 29.0. The lowest BCUT2D eigenvalue weighted by Crippen LogP contribution is -2.59. The van der Waals surface area contributed by atoms with Gasteiger partial charge >= 0.3 is 5.69 Å². The van der Waals surface area contributed by atoms with E-state index in [4.69, 9.17) is 21.3 Å². The molecule has 0 unspecified atom stereocenters. The van der Waals surface area contributed by atoms with Crippen LogP contribution in [0, 0.1) is 12.7 Å². The Morgan fingerprint density at radius 2 is 1.91 bits per heavy atom. The van der Waals surface area contributed by atoms with Crippen molar-refractivity contribution in [2.45, 2.75) is 58.7 Å². The quantitative estimate of drug-likeness (QED) is 0.328. The second kappa shape index (κ2) is 10.9. The van der Waals surface area contributed by atoms with Crippen LogP contribution >= 0.6 is 11.6 Å². The summed E-state index contributed by atoms with van der Waals surface area (Å²) in [5.74, 6) is -0.766. The van der Waals surface area contributed by atoms with Crippen LogP contribution in [0.4, 0.5) is 10.2 Å². The molecule has 10 nitrogen and oxygen atoms in total. The number of phenolic OH excluding ortho intramolecular Hbond substituents is 1. The molecule has 43 heavy (non-hydrogen) atoms. The third-order valence-corrected chi connectivity index (χ3v) is 8.39. The fraction of sp³-hybridized carbons (Fsp3) is 0.387. The normalized spacial score (nSPS) is 20.2. The first-order valence-electron chi connectivity index (χ1n) is 14.2. The predicted octanol–water partition coefficient (Wildman–Crippen LogP) is 4.60. The van der Waals surface area contributed by atoms with Crippen molar-refractivity contribution in [3.8, 4) is 22.7 Å². The largest absolute Gasteiger partial charge is 0.507 e. The Hall–Kier alpha value is -4.09. The van der Waals surface area contributed by atoms with Gasteiger partial charge in [0.1, 0.15) is 17.4 Å². The van der Waals surface area contributed by atoms with Gasteiger partial charge in [-0.2, -0.15) is 4.98 Å². The van der Waals surface area contributed by atoms with Crippen molar-refractivity contribution in [3.63, 3.8) is 0 Å². The zero-order valence-corrected chi connectivity index (χ0v) is 25.3. The number of carbonyl (C=O) groups is 1. The van der Waals surface area contributed by atoms with Crippen molar-refractivity contribution in [1.29, 1.82) is 0 Å². The van der Waals surface area contributed by atoms with E-state index in [0.29, 0.717) is 42.3 Å². The molecular formula is C31H32ClFN6O4. The summed E-state index contributed by atoms with van der Waals surface area (Å²) in [5.41, 5.74) is 1.40. The van der Waals surface area contributed by atoms with Crippen molar-refractivity contribution in [2.24, 2.45) is 0 Å². The van der Waals surface area contributed by atoms with Gasteiger partial charge in [0.15, 0.2) is 11.8 Å². The van der Waals surface area contributed by atoms with Gasteiger partial charge in [-0.15, -0.1) is 0 Å². The van der Waals surface area contributed by atoms with E-state index in [1.54, 1.807) is 23.2 Å². The Morgan fingerprint density at radius 3 is 2.58 bits per heavy atom. The van der Waals surface area contributed by atoms with Gasteiger partial charge < -0.3 is 19.6 Å². The smallest absolute Gasteiger partial charge is 0.355 e. The number of anilines is 1. The van der Waals surface area contributed by atoms with Gasteiger partial charge in [0, 0.05) is 31.4 Å². The number of ether oxygens (including phenoxy) is 1. The zero-order valence-electron chi connectivity index (χ0n) is 24.5. The van der Waals surface area contributed by atoms with Crippen LogP contribution in [-0.4, -0.2) is 73.3 Å². The van der Waals surface area contributed by atoms with Gasteiger partial charge in [-0.1, -0.05) is 31.5 Å². The molecule has 2 aliphatic heterocycles. The summed E-state index contributed by atoms with van der Waals surface area (Å²) < 4.78 is 21.7. The minimum absolute atomic E-state index is 0.0102. The first-order chi connectivity index (χ1) is 20.5. The second-order valence-electron chi connectivity index (χ2n) is 11.6. The zero-order chi connectivity index (χ0) is 30.7. The number of amides is 1. The molecule has 0 saturated carbocycles. The highest BCUT2D eigenvalue weighted by Crippen LogP contribution is 2.39. The van der Waals surface area contributed by atoms with E-state index in [0.717, 1.165) is 5.56 Å². The highest BCUT2D eigenvalue weighted by molar-refractivity contribution is 6.34. The molecule has 1 N–H and O–H groups in total. The molecule has 2 saturated heterocycles. The maximum Gasteiger partial charge on any atom is 0.355 e. The molecule has 3 atom stereocenters. The van der Waals surface area contributed by atoms with Gasteiger partial charge in [0.05, 0.1) is 39.7 Å². The number of hydrogen-bond acceptors (Lipinski definition) is 8. The maximum atomic E-state index is 15.1. The van der Waals surface area contributed by atoms with Crippen LogP contribution in [-0.2, 0) is 9.53 Å². The van der Waals surface area contributed by atoms with E-state index >= 15 is 4.39 Å². The molecule has 6 rings (SSSR count). The molecule has 2 fully saturated rings. The molecule has 0 radical (unpaired) electrons. The third kappa shape index (κ3) is 5.00. The number of aryl methyl sites for hydroxylation is 1. The average Bonchev–Trinajstić information content (AvgIpc) is 3.80. The van der Waals surface area contributed by atoms with E-state index in [9.17, 15) is 14.7 Å². The number of benzene rings is 1. The second-order valence-corrected chi connectivity index (χ2v) is 12.0. The molecule has 4 aromatic rings. The number of aromatic hydroxyl groups is 1. The standard InChI is InChI=1S/C31H32ClFN6O4/c1-15(2)25-27(16(3)9-10-34-25)39-29-19(11-20(32)26(35-29)24-21(33)7-6-8-22(24)40)28(36-31(39)42)37-12-18(5)38(13-17(37)4)30(41)23-14-43-23/h6-11,15,17-18,23,40H,12-14H2,1-5H3/t17-,18+,23+/m0/s1. The van der Waals surface area contributed by atoms with Crippen molar-refractivity contribution < 1.29 is 19.0 Å². The topological polar surface area (TPSA) is 117 Å². The number of rotatable bonds is 5. The molecule has 1 amide bonds. The fourth-order valence-electron chi connectivity index (χ4n) is 5.84. The van der Waals surface area contributed by atoms with Crippen LogP contribution < -0.4 is 10.6 Å². The number of fused-ring (bicyclic) bond motifs is 1. The predicted molar refractivity (Wildman–Crippen MR) is 162 cm³/mol. The van der Waals surface area contributed by atoms with Crippen molar-refractivity contribution in [3.05, 3.63) is 69.1 Å². The summed E-state index contributed by atoms with van der Waals surface area (Å²) in [6.07, 6.45) is 1.30. The van der Waals surface area contributed by atoms with Gasteiger partial charge in [0.25, 0.3) is 5.91 Å². The molecular weight excluding hydrogens is 575 g/mol. The van der Waals surface area contributed by atoms with Gasteiger partial charge in [-0.05, 0) is 56.5 Å². The number of piperazine rings is 1. The van der Waals surface area contributed by atoms with E-state index in [1.807, 2.05) is 39.5 Å². The molecule has 0 spiro atoms. The van der Waals surface area contributed by atoms with Crippen LogP contribution in [0.25, 0.3) is 28.0 Å². The monoisotopic (exact) mass is 606 g/mol. The minimum atomic E-state index is -0.708.